The molecule has 2 rings (SSSR count). The molecule has 0 radical (unpaired) electrons. The molecule has 0 fully saturated rings. The first-order chi connectivity index (χ1) is 8.69. The molecule has 1 atom stereocenters. The molecule has 0 saturated heterocycles. The van der Waals surface area contributed by atoms with Gasteiger partial charge >= 0.3 is 124 Å². The van der Waals surface area contributed by atoms with Crippen molar-refractivity contribution < 1.29 is 71.4 Å². The molecule has 0 spiro atoms. The van der Waals surface area contributed by atoms with Gasteiger partial charge in [0, 0.05) is 0 Å². The summed E-state index contributed by atoms with van der Waals surface area (Å²) >= 11 is 2.34. The Kier molecular flexibility index (Phi) is 12.5. The minimum Gasteiger partial charge on any atom is -1.00 e. The van der Waals surface area contributed by atoms with Gasteiger partial charge in [0.2, 0.25) is 0 Å². The number of allylic oxidation sites excluding steroid dienone is 1. The fourth-order valence-electron chi connectivity index (χ4n) is 3.51. The summed E-state index contributed by atoms with van der Waals surface area (Å²) in [4.78, 5) is 0. The second kappa shape index (κ2) is 10.8. The number of fused-ring (bicyclic) bond motifs is 1. The molecule has 1 aromatic rings. The predicted molar refractivity (Wildman–Crippen MR) is 75.7 cm³/mol. The van der Waals surface area contributed by atoms with Gasteiger partial charge in [-0.25, -0.2) is 0 Å². The van der Waals surface area contributed by atoms with E-state index in [0.29, 0.717) is 4.22 Å². The van der Waals surface area contributed by atoms with Crippen LogP contribution < -0.4 is 50.9 Å². The molecule has 0 heterocycles. The van der Waals surface area contributed by atoms with Crippen molar-refractivity contribution in [2.75, 3.05) is 0 Å². The molecule has 0 aliphatic heterocycles. The van der Waals surface area contributed by atoms with E-state index in [4.69, 9.17) is 0 Å². The molecule has 0 aromatic heterocycles. The van der Waals surface area contributed by atoms with Gasteiger partial charge in [-0.3, -0.25) is 0 Å². The van der Waals surface area contributed by atoms with E-state index in [1.54, 1.807) is 33.4 Å². The van der Waals surface area contributed by atoms with Crippen molar-refractivity contribution in [3.8, 4) is 0 Å². The van der Waals surface area contributed by atoms with Gasteiger partial charge in [-0.2, -0.15) is 0 Å². The van der Waals surface area contributed by atoms with Crippen LogP contribution in [0.25, 0.3) is 6.08 Å². The normalized spacial score (nSPS) is 14.9. The van der Waals surface area contributed by atoms with Gasteiger partial charge in [0.1, 0.15) is 0 Å². The van der Waals surface area contributed by atoms with Crippen molar-refractivity contribution in [2.24, 2.45) is 0 Å². The van der Waals surface area contributed by atoms with E-state index in [9.17, 15) is 0 Å². The second-order valence-corrected chi connectivity index (χ2v) is 5.96. The third-order valence-corrected chi connectivity index (χ3v) is 4.97. The van der Waals surface area contributed by atoms with Gasteiger partial charge in [-0.15, -0.1) is 0 Å². The molecule has 1 unspecified atom stereocenters. The standard InChI is InChI=1S/C17H23.3BrH.Ti/c1-5-12-13(6-2)15(8-4)17-11-9-10-16(17)14(12)7-3;;;;/h9-11H,5-8H2,1-4H3;3*1H;/q;;;;+3/p-3. The molecule has 0 bridgehead atoms. The first kappa shape index (κ1) is 24.4. The van der Waals surface area contributed by atoms with Crippen LogP contribution in [0.5, 0.6) is 0 Å². The molecule has 116 valence electrons. The summed E-state index contributed by atoms with van der Waals surface area (Å²) < 4.78 is 0.608. The quantitative estimate of drug-likeness (QED) is 0.356. The SMILES string of the molecule is CCc1c2c(c(CC)c(CC)c1CC)[CH]([Ti+3])C=C2.[Br-].[Br-].[Br-]. The number of hydrogen-bond acceptors (Lipinski definition) is 0. The van der Waals surface area contributed by atoms with Crippen molar-refractivity contribution in [3.63, 3.8) is 0 Å². The molecule has 4 heteroatoms. The molecule has 1 aliphatic rings. The first-order valence-corrected chi connectivity index (χ1v) is 8.18. The largest absolute Gasteiger partial charge is 1.00 e. The molecular weight excluding hydrogens is 492 g/mol. The number of rotatable bonds is 4. The molecule has 21 heavy (non-hydrogen) atoms. The maximum absolute atomic E-state index is 2.38. The van der Waals surface area contributed by atoms with Gasteiger partial charge in [0.05, 0.1) is 0 Å². The molecule has 0 amide bonds. The van der Waals surface area contributed by atoms with Gasteiger partial charge in [0.15, 0.2) is 0 Å². The van der Waals surface area contributed by atoms with Gasteiger partial charge in [-0.1, -0.05) is 0 Å². The van der Waals surface area contributed by atoms with E-state index < -0.39 is 0 Å². The first-order valence-electron chi connectivity index (χ1n) is 7.28. The summed E-state index contributed by atoms with van der Waals surface area (Å²) in [5, 5.41) is 0. The topological polar surface area (TPSA) is 0 Å². The Bertz CT molecular complexity index is 496. The molecule has 1 aromatic carbocycles. The average molecular weight is 515 g/mol. The molecular formula is C17H23Br3Ti. The number of hydrogen-bond donors (Lipinski definition) is 0. The number of halogens is 3. The van der Waals surface area contributed by atoms with E-state index in [1.807, 2.05) is 0 Å². The van der Waals surface area contributed by atoms with Crippen LogP contribution in [0, 0.1) is 0 Å². The zero-order chi connectivity index (χ0) is 13.3. The summed E-state index contributed by atoms with van der Waals surface area (Å²) in [5.41, 5.74) is 9.71. The van der Waals surface area contributed by atoms with Crippen LogP contribution in [0.15, 0.2) is 6.08 Å². The fourth-order valence-corrected chi connectivity index (χ4v) is 4.18. The average Bonchev–Trinajstić information content (AvgIpc) is 2.77. The van der Waals surface area contributed by atoms with Crippen LogP contribution in [0.2, 0.25) is 0 Å². The number of benzene rings is 1. The van der Waals surface area contributed by atoms with Crippen LogP contribution >= 0.6 is 0 Å². The molecule has 0 nitrogen and oxygen atoms in total. The Morgan fingerprint density at radius 1 is 0.762 bits per heavy atom. The Balaban J connectivity index is 0. The van der Waals surface area contributed by atoms with Crippen molar-refractivity contribution in [3.05, 3.63) is 39.5 Å². The third kappa shape index (κ3) is 4.35. The van der Waals surface area contributed by atoms with Crippen molar-refractivity contribution in [2.45, 2.75) is 57.6 Å². The Morgan fingerprint density at radius 3 is 1.62 bits per heavy atom. The maximum atomic E-state index is 2.38. The Hall–Kier alpha value is 1.11. The van der Waals surface area contributed by atoms with Crippen LogP contribution in [0.1, 0.15) is 65.3 Å². The Morgan fingerprint density at radius 2 is 1.19 bits per heavy atom. The van der Waals surface area contributed by atoms with E-state index in [2.05, 4.69) is 60.3 Å². The van der Waals surface area contributed by atoms with E-state index in [-0.39, 0.29) is 50.9 Å². The second-order valence-electron chi connectivity index (χ2n) is 4.99. The van der Waals surface area contributed by atoms with Gasteiger partial charge < -0.3 is 50.9 Å². The van der Waals surface area contributed by atoms with E-state index in [0.717, 1.165) is 0 Å². The minimum atomic E-state index is 0. The van der Waals surface area contributed by atoms with Crippen molar-refractivity contribution >= 4 is 6.08 Å². The fraction of sp³-hybridized carbons (Fsp3) is 0.529. The van der Waals surface area contributed by atoms with Crippen LogP contribution in [0.4, 0.5) is 0 Å². The summed E-state index contributed by atoms with van der Waals surface area (Å²) in [6, 6.07) is 0. The summed E-state index contributed by atoms with van der Waals surface area (Å²) in [6.07, 6.45) is 9.45. The Labute approximate surface area is 173 Å². The van der Waals surface area contributed by atoms with Crippen molar-refractivity contribution in [1.82, 2.24) is 0 Å². The zero-order valence-electron chi connectivity index (χ0n) is 13.2. The summed E-state index contributed by atoms with van der Waals surface area (Å²) in [7, 11) is 0. The smallest absolute Gasteiger partial charge is 1.00 e. The summed E-state index contributed by atoms with van der Waals surface area (Å²) in [6.45, 7) is 9.23. The summed E-state index contributed by atoms with van der Waals surface area (Å²) in [5.74, 6) is 0. The van der Waals surface area contributed by atoms with Crippen LogP contribution in [-0.2, 0) is 46.1 Å². The molecule has 0 saturated carbocycles. The molecule has 1 aliphatic carbocycles. The van der Waals surface area contributed by atoms with Crippen LogP contribution in [-0.4, -0.2) is 0 Å². The predicted octanol–water partition coefficient (Wildman–Crippen LogP) is -4.44. The monoisotopic (exact) mass is 512 g/mol. The van der Waals surface area contributed by atoms with Gasteiger partial charge in [-0.05, 0) is 0 Å². The third-order valence-electron chi connectivity index (χ3n) is 4.21. The van der Waals surface area contributed by atoms with E-state index in [1.165, 1.54) is 25.7 Å². The maximum Gasteiger partial charge on any atom is -1.00 e. The van der Waals surface area contributed by atoms with Crippen LogP contribution in [0.3, 0.4) is 0 Å². The van der Waals surface area contributed by atoms with Crippen molar-refractivity contribution in [1.29, 1.82) is 0 Å². The molecule has 0 N–H and O–H groups in total. The zero-order valence-corrected chi connectivity index (χ0v) is 19.5. The van der Waals surface area contributed by atoms with E-state index >= 15 is 0 Å². The minimum absolute atomic E-state index is 0. The van der Waals surface area contributed by atoms with Gasteiger partial charge in [0.25, 0.3) is 0 Å².